The van der Waals surface area contributed by atoms with Gasteiger partial charge in [-0.15, -0.1) is 23.7 Å². The Morgan fingerprint density at radius 3 is 2.44 bits per heavy atom. The van der Waals surface area contributed by atoms with Crippen molar-refractivity contribution < 1.29 is 14.7 Å². The van der Waals surface area contributed by atoms with Crippen LogP contribution in [0.25, 0.3) is 10.4 Å². The summed E-state index contributed by atoms with van der Waals surface area (Å²) >= 11 is 1.60. The molecule has 1 aliphatic heterocycles. The molecule has 32 heavy (non-hydrogen) atoms. The van der Waals surface area contributed by atoms with E-state index in [1.54, 1.807) is 11.3 Å². The van der Waals surface area contributed by atoms with Crippen LogP contribution in [-0.4, -0.2) is 51.5 Å². The van der Waals surface area contributed by atoms with E-state index in [-0.39, 0.29) is 43.2 Å². The number of aliphatic hydroxyl groups is 1. The number of likely N-dealkylation sites (tertiary alicyclic amines) is 1. The average molecular weight is 481 g/mol. The molecular formula is C23H33ClN4O3S. The number of aromatic nitrogens is 1. The third-order valence-electron chi connectivity index (χ3n) is 5.84. The van der Waals surface area contributed by atoms with Crippen LogP contribution >= 0.6 is 23.7 Å². The van der Waals surface area contributed by atoms with Gasteiger partial charge in [-0.1, -0.05) is 45.0 Å². The maximum absolute atomic E-state index is 13.0. The third kappa shape index (κ3) is 5.67. The van der Waals surface area contributed by atoms with Gasteiger partial charge >= 0.3 is 0 Å². The second-order valence-electron chi connectivity index (χ2n) is 9.36. The van der Waals surface area contributed by atoms with E-state index in [0.29, 0.717) is 0 Å². The van der Waals surface area contributed by atoms with Crippen LogP contribution in [0.2, 0.25) is 0 Å². The summed E-state index contributed by atoms with van der Waals surface area (Å²) in [6.07, 6.45) is -0.519. The van der Waals surface area contributed by atoms with Crippen LogP contribution in [0.15, 0.2) is 29.8 Å². The Labute approximate surface area is 199 Å². The second kappa shape index (κ2) is 10.3. The molecular weight excluding hydrogens is 448 g/mol. The van der Waals surface area contributed by atoms with Gasteiger partial charge in [0.05, 0.1) is 34.3 Å². The van der Waals surface area contributed by atoms with E-state index in [9.17, 15) is 14.7 Å². The number of amides is 2. The van der Waals surface area contributed by atoms with Crippen LogP contribution in [0.3, 0.4) is 0 Å². The maximum Gasteiger partial charge on any atom is 0.243 e. The van der Waals surface area contributed by atoms with Crippen LogP contribution in [0.1, 0.15) is 51.4 Å². The first kappa shape index (κ1) is 26.3. The van der Waals surface area contributed by atoms with Crippen molar-refractivity contribution in [2.75, 3.05) is 6.54 Å². The molecule has 2 unspecified atom stereocenters. The van der Waals surface area contributed by atoms with Crippen LogP contribution in [0, 0.1) is 12.3 Å². The van der Waals surface area contributed by atoms with E-state index in [1.807, 2.05) is 64.4 Å². The number of carbonyl (C=O) groups is 2. The van der Waals surface area contributed by atoms with E-state index in [4.69, 9.17) is 5.73 Å². The van der Waals surface area contributed by atoms with Gasteiger partial charge in [0.2, 0.25) is 11.8 Å². The maximum atomic E-state index is 13.0. The van der Waals surface area contributed by atoms with Crippen molar-refractivity contribution in [2.24, 2.45) is 11.1 Å². The number of nitrogens with one attached hydrogen (secondary N) is 1. The zero-order valence-electron chi connectivity index (χ0n) is 19.2. The molecule has 1 aliphatic rings. The number of aliphatic hydroxyl groups excluding tert-OH is 1. The molecule has 7 nitrogen and oxygen atoms in total. The summed E-state index contributed by atoms with van der Waals surface area (Å²) in [5.41, 5.74) is 10.6. The Morgan fingerprint density at radius 1 is 1.28 bits per heavy atom. The molecule has 3 rings (SSSR count). The molecule has 1 saturated heterocycles. The van der Waals surface area contributed by atoms with E-state index < -0.39 is 23.6 Å². The number of β-amino-alcohol motifs (C(OH)–C–C–N with tert-alkyl or cyclic N) is 1. The van der Waals surface area contributed by atoms with Crippen LogP contribution < -0.4 is 11.1 Å². The number of nitrogens with zero attached hydrogens (tertiary/aromatic N) is 2. The Hall–Kier alpha value is -2.00. The van der Waals surface area contributed by atoms with Crippen molar-refractivity contribution in [2.45, 2.75) is 65.3 Å². The van der Waals surface area contributed by atoms with Crippen LogP contribution in [-0.2, 0) is 9.59 Å². The number of hydrogen-bond donors (Lipinski definition) is 3. The van der Waals surface area contributed by atoms with Crippen molar-refractivity contribution in [1.82, 2.24) is 15.2 Å². The average Bonchev–Trinajstić information content (AvgIpc) is 3.31. The lowest BCUT2D eigenvalue weighted by Crippen LogP contribution is -2.55. The van der Waals surface area contributed by atoms with Gasteiger partial charge in [0.25, 0.3) is 0 Å². The third-order valence-corrected chi connectivity index (χ3v) is 6.82. The Kier molecular flexibility index (Phi) is 8.44. The highest BCUT2D eigenvalue weighted by molar-refractivity contribution is 7.13. The van der Waals surface area contributed by atoms with Gasteiger partial charge in [0.15, 0.2) is 0 Å². The quantitative estimate of drug-likeness (QED) is 0.609. The summed E-state index contributed by atoms with van der Waals surface area (Å²) < 4.78 is 0. The highest BCUT2D eigenvalue weighted by atomic mass is 35.5. The minimum Gasteiger partial charge on any atom is -0.391 e. The SMILES string of the molecule is Cc1ncsc1-c1ccc(C(C)NC(=O)[C@@H]2C[C@@H](O)CN2C(=O)C(N)C(C)(C)C)cc1.Cl. The van der Waals surface area contributed by atoms with E-state index in [0.717, 1.165) is 21.7 Å². The molecule has 0 spiro atoms. The number of rotatable bonds is 5. The second-order valence-corrected chi connectivity index (χ2v) is 10.2. The monoisotopic (exact) mass is 480 g/mol. The largest absolute Gasteiger partial charge is 0.391 e. The smallest absolute Gasteiger partial charge is 0.243 e. The van der Waals surface area contributed by atoms with Gasteiger partial charge in [-0.2, -0.15) is 0 Å². The van der Waals surface area contributed by atoms with Gasteiger partial charge in [-0.3, -0.25) is 9.59 Å². The molecule has 2 aromatic rings. The highest BCUT2D eigenvalue weighted by Crippen LogP contribution is 2.29. The lowest BCUT2D eigenvalue weighted by Gasteiger charge is -2.32. The predicted octanol–water partition coefficient (Wildman–Crippen LogP) is 3.05. The number of hydrogen-bond acceptors (Lipinski definition) is 6. The molecule has 0 aliphatic carbocycles. The summed E-state index contributed by atoms with van der Waals surface area (Å²) in [6.45, 7) is 9.67. The fourth-order valence-corrected chi connectivity index (χ4v) is 4.56. The van der Waals surface area contributed by atoms with E-state index >= 15 is 0 Å². The molecule has 9 heteroatoms. The minimum absolute atomic E-state index is 0. The number of nitrogens with two attached hydrogens (primary N) is 1. The standard InChI is InChI=1S/C23H32N4O3S.ClH/c1-13(15-6-8-16(9-7-15)19-14(2)25-12-31-19)26-21(29)18-10-17(28)11-27(18)22(30)20(24)23(3,4)5;/h6-9,12-13,17-18,20,28H,10-11,24H2,1-5H3,(H,26,29);1H/t13?,17-,18+,20?;/m1./s1. The molecule has 1 aromatic carbocycles. The first-order valence-electron chi connectivity index (χ1n) is 10.5. The number of benzene rings is 1. The van der Waals surface area contributed by atoms with E-state index in [1.165, 1.54) is 4.90 Å². The molecule has 2 heterocycles. The van der Waals surface area contributed by atoms with Gasteiger partial charge in [0, 0.05) is 13.0 Å². The number of thiazole rings is 1. The minimum atomic E-state index is -0.742. The van der Waals surface area contributed by atoms with Gasteiger partial charge in [-0.05, 0) is 30.4 Å². The Balaban J connectivity index is 0.00000363. The van der Waals surface area contributed by atoms with Gasteiger partial charge in [-0.25, -0.2) is 4.98 Å². The molecule has 2 amide bonds. The van der Waals surface area contributed by atoms with Crippen LogP contribution in [0.5, 0.6) is 0 Å². The topological polar surface area (TPSA) is 109 Å². The van der Waals surface area contributed by atoms with Gasteiger partial charge < -0.3 is 21.1 Å². The summed E-state index contributed by atoms with van der Waals surface area (Å²) in [7, 11) is 0. The zero-order chi connectivity index (χ0) is 22.9. The molecule has 0 bridgehead atoms. The summed E-state index contributed by atoms with van der Waals surface area (Å²) in [4.78, 5) is 32.7. The fraction of sp³-hybridized carbons (Fsp3) is 0.522. The van der Waals surface area contributed by atoms with Crippen molar-refractivity contribution in [3.8, 4) is 10.4 Å². The number of halogens is 1. The predicted molar refractivity (Wildman–Crippen MR) is 130 cm³/mol. The molecule has 0 saturated carbocycles. The van der Waals surface area contributed by atoms with Crippen molar-refractivity contribution >= 4 is 35.6 Å². The Bertz CT molecular complexity index is 941. The summed E-state index contributed by atoms with van der Waals surface area (Å²) in [6, 6.07) is 6.32. The number of carbonyl (C=O) groups excluding carboxylic acids is 2. The Morgan fingerprint density at radius 2 is 1.91 bits per heavy atom. The summed E-state index contributed by atoms with van der Waals surface area (Å²) in [5, 5.41) is 13.1. The molecule has 4 N–H and O–H groups in total. The fourth-order valence-electron chi connectivity index (χ4n) is 3.75. The lowest BCUT2D eigenvalue weighted by atomic mass is 9.86. The highest BCUT2D eigenvalue weighted by Gasteiger charge is 2.42. The van der Waals surface area contributed by atoms with E-state index in [2.05, 4.69) is 10.3 Å². The van der Waals surface area contributed by atoms with Crippen molar-refractivity contribution in [3.63, 3.8) is 0 Å². The zero-order valence-corrected chi connectivity index (χ0v) is 20.8. The first-order chi connectivity index (χ1) is 14.5. The molecule has 1 aromatic heterocycles. The van der Waals surface area contributed by atoms with Crippen molar-refractivity contribution in [1.29, 1.82) is 0 Å². The molecule has 4 atom stereocenters. The van der Waals surface area contributed by atoms with Crippen molar-refractivity contribution in [3.05, 3.63) is 41.0 Å². The summed E-state index contributed by atoms with van der Waals surface area (Å²) in [5.74, 6) is -0.581. The molecule has 0 radical (unpaired) electrons. The lowest BCUT2D eigenvalue weighted by molar-refractivity contribution is -0.141. The normalized spacial score (nSPS) is 20.4. The molecule has 1 fully saturated rings. The van der Waals surface area contributed by atoms with Crippen LogP contribution in [0.4, 0.5) is 0 Å². The molecule has 176 valence electrons. The first-order valence-corrected chi connectivity index (χ1v) is 11.4. The van der Waals surface area contributed by atoms with Gasteiger partial charge in [0.1, 0.15) is 6.04 Å². The number of aryl methyl sites for hydroxylation is 1.